The number of amides is 1. The van der Waals surface area contributed by atoms with Gasteiger partial charge in [0.15, 0.2) is 0 Å². The number of hydrogen-bond acceptors (Lipinski definition) is 7. The molecule has 1 heterocycles. The summed E-state index contributed by atoms with van der Waals surface area (Å²) in [4.78, 5) is 30.0. The summed E-state index contributed by atoms with van der Waals surface area (Å²) in [7, 11) is 0. The van der Waals surface area contributed by atoms with Gasteiger partial charge in [-0.25, -0.2) is 4.79 Å². The highest BCUT2D eigenvalue weighted by Gasteiger charge is 2.36. The number of benzene rings is 3. The molecule has 1 fully saturated rings. The molecule has 1 saturated heterocycles. The van der Waals surface area contributed by atoms with Gasteiger partial charge in [-0.3, -0.25) is 9.69 Å². The van der Waals surface area contributed by atoms with Crippen LogP contribution in [-0.2, 0) is 33.9 Å². The average Bonchev–Trinajstić information content (AvgIpc) is 2.98. The highest BCUT2D eigenvalue weighted by molar-refractivity contribution is 5.91. The molecule has 214 valence electrons. The largest absolute Gasteiger partial charge is 0.492 e. The molecule has 1 amide bonds. The molecule has 0 spiro atoms. The molecule has 1 aliphatic rings. The van der Waals surface area contributed by atoms with Crippen LogP contribution in [0.5, 0.6) is 5.75 Å². The van der Waals surface area contributed by atoms with Crippen LogP contribution in [0.2, 0.25) is 0 Å². The molecule has 3 aromatic rings. The number of carbonyl (C=O) groups excluding carboxylic acids is 2. The van der Waals surface area contributed by atoms with Crippen LogP contribution < -0.4 is 10.1 Å². The molecule has 8 nitrogen and oxygen atoms in total. The Morgan fingerprint density at radius 1 is 0.975 bits per heavy atom. The first-order valence-electron chi connectivity index (χ1n) is 14.2. The van der Waals surface area contributed by atoms with Gasteiger partial charge in [-0.1, -0.05) is 61.5 Å². The second-order valence-corrected chi connectivity index (χ2v) is 10.0. The standard InChI is InChI=1S/C32H41N3O5/c1-3-33-17-15-24-9-11-25(12-10-24)21-34-18-19-35(29(22-34)32(38)39-4-2)31(37)16-20-40-30-14-13-26(23-36)27-7-5-6-8-28(27)30/h5-14,29,33,36H,3-4,15-23H2,1-2H3. The lowest BCUT2D eigenvalue weighted by Crippen LogP contribution is -2.58. The predicted octanol–water partition coefficient (Wildman–Crippen LogP) is 3.53. The number of likely N-dealkylation sites (N-methyl/N-ethyl adjacent to an activating group) is 1. The molecule has 1 unspecified atom stereocenters. The SMILES string of the molecule is CCNCCc1ccc(CN2CCN(C(=O)CCOc3ccc(CO)c4ccccc34)C(C(=O)OCC)C2)cc1. The summed E-state index contributed by atoms with van der Waals surface area (Å²) in [5.74, 6) is 0.171. The lowest BCUT2D eigenvalue weighted by atomic mass is 10.0. The van der Waals surface area contributed by atoms with Crippen molar-refractivity contribution in [3.05, 3.63) is 77.4 Å². The number of piperazine rings is 1. The van der Waals surface area contributed by atoms with Crippen molar-refractivity contribution in [2.45, 2.75) is 45.9 Å². The molecule has 0 aliphatic carbocycles. The Morgan fingerprint density at radius 2 is 1.73 bits per heavy atom. The van der Waals surface area contributed by atoms with Crippen LogP contribution in [-0.4, -0.2) is 78.8 Å². The zero-order chi connectivity index (χ0) is 28.3. The van der Waals surface area contributed by atoms with Crippen LogP contribution in [0.25, 0.3) is 10.8 Å². The van der Waals surface area contributed by atoms with Crippen LogP contribution in [0.4, 0.5) is 0 Å². The Hall–Kier alpha value is -3.46. The lowest BCUT2D eigenvalue weighted by molar-refractivity contribution is -0.158. The van der Waals surface area contributed by atoms with Gasteiger partial charge in [0.1, 0.15) is 11.8 Å². The van der Waals surface area contributed by atoms with E-state index in [4.69, 9.17) is 9.47 Å². The normalized spacial score (nSPS) is 15.8. The summed E-state index contributed by atoms with van der Waals surface area (Å²) in [6.07, 6.45) is 1.15. The molecule has 4 rings (SSSR count). The van der Waals surface area contributed by atoms with Crippen molar-refractivity contribution in [1.82, 2.24) is 15.1 Å². The maximum Gasteiger partial charge on any atom is 0.330 e. The second-order valence-electron chi connectivity index (χ2n) is 10.0. The third-order valence-corrected chi connectivity index (χ3v) is 7.33. The Bertz CT molecular complexity index is 1260. The molecular formula is C32H41N3O5. The number of fused-ring (bicyclic) bond motifs is 1. The monoisotopic (exact) mass is 547 g/mol. The van der Waals surface area contributed by atoms with E-state index in [0.29, 0.717) is 31.9 Å². The molecule has 8 heteroatoms. The zero-order valence-corrected chi connectivity index (χ0v) is 23.6. The molecular weight excluding hydrogens is 506 g/mol. The maximum atomic E-state index is 13.3. The highest BCUT2D eigenvalue weighted by atomic mass is 16.5. The van der Waals surface area contributed by atoms with Gasteiger partial charge in [0.25, 0.3) is 0 Å². The van der Waals surface area contributed by atoms with E-state index in [0.717, 1.165) is 35.8 Å². The van der Waals surface area contributed by atoms with Crippen LogP contribution in [0.1, 0.15) is 37.0 Å². The summed E-state index contributed by atoms with van der Waals surface area (Å²) in [5, 5.41) is 14.8. The van der Waals surface area contributed by atoms with Crippen LogP contribution in [0.3, 0.4) is 0 Å². The van der Waals surface area contributed by atoms with Crippen molar-refractivity contribution in [3.63, 3.8) is 0 Å². The van der Waals surface area contributed by atoms with Crippen molar-refractivity contribution in [2.75, 3.05) is 45.9 Å². The summed E-state index contributed by atoms with van der Waals surface area (Å²) in [6.45, 7) is 8.51. The summed E-state index contributed by atoms with van der Waals surface area (Å²) < 4.78 is 11.4. The maximum absolute atomic E-state index is 13.3. The van der Waals surface area contributed by atoms with Crippen LogP contribution in [0.15, 0.2) is 60.7 Å². The van der Waals surface area contributed by atoms with Gasteiger partial charge in [0.05, 0.1) is 26.2 Å². The highest BCUT2D eigenvalue weighted by Crippen LogP contribution is 2.29. The molecule has 0 radical (unpaired) electrons. The van der Waals surface area contributed by atoms with E-state index < -0.39 is 6.04 Å². The molecule has 1 atom stereocenters. The summed E-state index contributed by atoms with van der Waals surface area (Å²) in [6, 6.07) is 19.4. The van der Waals surface area contributed by atoms with E-state index in [1.54, 1.807) is 11.8 Å². The fourth-order valence-electron chi connectivity index (χ4n) is 5.19. The number of esters is 1. The first kappa shape index (κ1) is 29.5. The third-order valence-electron chi connectivity index (χ3n) is 7.33. The number of hydrogen-bond donors (Lipinski definition) is 2. The minimum absolute atomic E-state index is 0.0530. The molecule has 3 aromatic carbocycles. The topological polar surface area (TPSA) is 91.3 Å². The van der Waals surface area contributed by atoms with E-state index in [-0.39, 0.29) is 38.1 Å². The van der Waals surface area contributed by atoms with Crippen LogP contribution >= 0.6 is 0 Å². The van der Waals surface area contributed by atoms with E-state index in [9.17, 15) is 14.7 Å². The van der Waals surface area contributed by atoms with Crippen molar-refractivity contribution in [2.24, 2.45) is 0 Å². The van der Waals surface area contributed by atoms with E-state index in [1.807, 2.05) is 36.4 Å². The lowest BCUT2D eigenvalue weighted by Gasteiger charge is -2.40. The number of nitrogens with one attached hydrogen (secondary N) is 1. The predicted molar refractivity (Wildman–Crippen MR) is 156 cm³/mol. The van der Waals surface area contributed by atoms with E-state index in [1.165, 1.54) is 11.1 Å². The molecule has 40 heavy (non-hydrogen) atoms. The van der Waals surface area contributed by atoms with Gasteiger partial charge in [0, 0.05) is 31.6 Å². The Balaban J connectivity index is 1.35. The number of rotatable bonds is 13. The zero-order valence-electron chi connectivity index (χ0n) is 23.6. The van der Waals surface area contributed by atoms with Gasteiger partial charge < -0.3 is 24.8 Å². The number of ether oxygens (including phenoxy) is 2. The molecule has 0 aromatic heterocycles. The quantitative estimate of drug-likeness (QED) is 0.250. The number of nitrogens with zero attached hydrogens (tertiary/aromatic N) is 2. The van der Waals surface area contributed by atoms with E-state index in [2.05, 4.69) is 41.4 Å². The molecule has 2 N–H and O–H groups in total. The minimum Gasteiger partial charge on any atom is -0.492 e. The van der Waals surface area contributed by atoms with Gasteiger partial charge >= 0.3 is 5.97 Å². The summed E-state index contributed by atoms with van der Waals surface area (Å²) >= 11 is 0. The van der Waals surface area contributed by atoms with Crippen molar-refractivity contribution in [3.8, 4) is 5.75 Å². The van der Waals surface area contributed by atoms with Crippen molar-refractivity contribution >= 4 is 22.6 Å². The fourth-order valence-corrected chi connectivity index (χ4v) is 5.19. The van der Waals surface area contributed by atoms with Gasteiger partial charge in [0.2, 0.25) is 5.91 Å². The fraction of sp³-hybridized carbons (Fsp3) is 0.438. The second kappa shape index (κ2) is 14.8. The number of carbonyl (C=O) groups is 2. The van der Waals surface area contributed by atoms with Crippen molar-refractivity contribution < 1.29 is 24.2 Å². The Morgan fingerprint density at radius 3 is 2.45 bits per heavy atom. The van der Waals surface area contributed by atoms with Gasteiger partial charge in [-0.05, 0) is 54.6 Å². The Labute approximate surface area is 236 Å². The first-order chi connectivity index (χ1) is 19.5. The minimum atomic E-state index is -0.648. The Kier molecular flexibility index (Phi) is 10.9. The molecule has 1 aliphatic heterocycles. The van der Waals surface area contributed by atoms with Crippen LogP contribution in [0, 0.1) is 0 Å². The van der Waals surface area contributed by atoms with Crippen molar-refractivity contribution in [1.29, 1.82) is 0 Å². The third kappa shape index (κ3) is 7.59. The smallest absolute Gasteiger partial charge is 0.330 e. The molecule has 0 saturated carbocycles. The van der Waals surface area contributed by atoms with Gasteiger partial charge in [-0.15, -0.1) is 0 Å². The summed E-state index contributed by atoms with van der Waals surface area (Å²) in [5.41, 5.74) is 3.31. The first-order valence-corrected chi connectivity index (χ1v) is 14.2. The van der Waals surface area contributed by atoms with E-state index >= 15 is 0 Å². The molecule has 0 bridgehead atoms. The number of aliphatic hydroxyl groups excluding tert-OH is 1. The average molecular weight is 548 g/mol. The van der Waals surface area contributed by atoms with Gasteiger partial charge in [-0.2, -0.15) is 0 Å². The number of aliphatic hydroxyl groups is 1.